The maximum Gasteiger partial charge on any atom is 0.242 e. The Bertz CT molecular complexity index is 1620. The highest BCUT2D eigenvalue weighted by atomic mass is 32.1. The van der Waals surface area contributed by atoms with Crippen molar-refractivity contribution in [1.82, 2.24) is 14.5 Å². The molecule has 0 bridgehead atoms. The average Bonchev–Trinajstić information content (AvgIpc) is 3.57. The van der Waals surface area contributed by atoms with Gasteiger partial charge in [0.1, 0.15) is 17.3 Å². The van der Waals surface area contributed by atoms with Crippen LogP contribution in [0, 0.1) is 12.7 Å². The largest absolute Gasteiger partial charge is 0.503 e. The van der Waals surface area contributed by atoms with Crippen LogP contribution in [0.2, 0.25) is 0 Å². The van der Waals surface area contributed by atoms with Crippen molar-refractivity contribution in [3.05, 3.63) is 77.5 Å². The predicted molar refractivity (Wildman–Crippen MR) is 143 cm³/mol. The van der Waals surface area contributed by atoms with Crippen LogP contribution in [0.4, 0.5) is 4.39 Å². The quantitative estimate of drug-likeness (QED) is 0.183. The first-order valence-electron chi connectivity index (χ1n) is 11.9. The summed E-state index contributed by atoms with van der Waals surface area (Å²) in [6.07, 6.45) is 0.860. The van der Waals surface area contributed by atoms with Crippen LogP contribution in [0.25, 0.3) is 26.6 Å². The van der Waals surface area contributed by atoms with Crippen LogP contribution in [0.15, 0.2) is 59.0 Å². The third kappa shape index (κ3) is 4.88. The van der Waals surface area contributed by atoms with Crippen LogP contribution >= 0.6 is 11.3 Å². The van der Waals surface area contributed by atoms with Crippen molar-refractivity contribution in [3.8, 4) is 33.8 Å². The topological polar surface area (TPSA) is 101 Å². The summed E-state index contributed by atoms with van der Waals surface area (Å²) in [5, 5.41) is 22.3. The van der Waals surface area contributed by atoms with Crippen molar-refractivity contribution in [2.45, 2.75) is 13.3 Å². The Kier molecular flexibility index (Phi) is 6.92. The van der Waals surface area contributed by atoms with E-state index in [1.54, 1.807) is 37.3 Å². The van der Waals surface area contributed by atoms with E-state index in [4.69, 9.17) is 9.15 Å². The summed E-state index contributed by atoms with van der Waals surface area (Å²) >= 11 is 1.12. The van der Waals surface area contributed by atoms with Crippen LogP contribution in [0.3, 0.4) is 0 Å². The Morgan fingerprint density at radius 3 is 2.58 bits per heavy atom. The number of nitrogens with zero attached hydrogens (tertiary/aromatic N) is 3. The van der Waals surface area contributed by atoms with Gasteiger partial charge in [-0.3, -0.25) is 9.36 Å². The van der Waals surface area contributed by atoms with E-state index in [9.17, 15) is 19.4 Å². The zero-order chi connectivity index (χ0) is 27.0. The smallest absolute Gasteiger partial charge is 0.242 e. The van der Waals surface area contributed by atoms with Crippen LogP contribution in [-0.2, 0) is 0 Å². The number of ketones is 1. The molecule has 0 fully saturated rings. The van der Waals surface area contributed by atoms with Gasteiger partial charge in [0, 0.05) is 6.54 Å². The van der Waals surface area contributed by atoms with Crippen LogP contribution in [-0.4, -0.2) is 57.7 Å². The van der Waals surface area contributed by atoms with Crippen LogP contribution in [0.1, 0.15) is 28.3 Å². The number of hydrogen-bond acceptors (Lipinski definition) is 8. The van der Waals surface area contributed by atoms with Gasteiger partial charge in [0.15, 0.2) is 16.6 Å². The summed E-state index contributed by atoms with van der Waals surface area (Å²) in [6, 6.07) is 14.3. The normalized spacial score (nSPS) is 11.5. The number of furan rings is 1. The summed E-state index contributed by atoms with van der Waals surface area (Å²) in [5.41, 5.74) is 1.12. The fourth-order valence-electron chi connectivity index (χ4n) is 4.16. The molecule has 196 valence electrons. The zero-order valence-corrected chi connectivity index (χ0v) is 21.9. The van der Waals surface area contributed by atoms with Crippen molar-refractivity contribution in [2.75, 3.05) is 27.2 Å². The molecule has 5 aromatic rings. The minimum absolute atomic E-state index is 0.0171. The highest BCUT2D eigenvalue weighted by Crippen LogP contribution is 2.45. The lowest BCUT2D eigenvalue weighted by Crippen LogP contribution is -2.15. The number of aromatic hydroxyl groups is 2. The number of ether oxygens (including phenoxy) is 1. The average molecular weight is 536 g/mol. The Morgan fingerprint density at radius 1 is 1.13 bits per heavy atom. The van der Waals surface area contributed by atoms with Crippen LogP contribution in [0.5, 0.6) is 17.4 Å². The molecule has 0 unspecified atom stereocenters. The number of benzene rings is 2. The molecule has 0 radical (unpaired) electrons. The van der Waals surface area contributed by atoms with Gasteiger partial charge in [-0.1, -0.05) is 11.3 Å². The first-order chi connectivity index (χ1) is 18.2. The first-order valence-corrected chi connectivity index (χ1v) is 12.8. The number of aromatic nitrogens is 2. The Labute approximate surface area is 222 Å². The second-order valence-electron chi connectivity index (χ2n) is 9.11. The minimum Gasteiger partial charge on any atom is -0.503 e. The van der Waals surface area contributed by atoms with E-state index in [1.807, 2.05) is 14.1 Å². The molecule has 10 heteroatoms. The van der Waals surface area contributed by atoms with E-state index < -0.39 is 23.2 Å². The van der Waals surface area contributed by atoms with E-state index in [2.05, 4.69) is 9.88 Å². The molecular formula is C28H26FN3O5S. The molecule has 0 aliphatic carbocycles. The lowest BCUT2D eigenvalue weighted by molar-refractivity contribution is 0.101. The number of rotatable bonds is 9. The molecule has 0 amide bonds. The van der Waals surface area contributed by atoms with E-state index in [1.165, 1.54) is 28.8 Å². The molecule has 8 nitrogen and oxygen atoms in total. The Morgan fingerprint density at radius 2 is 1.89 bits per heavy atom. The standard InChI is InChI=1S/C28H26FN3O5S/c1-16-5-12-21(37-16)25(33)23-24(17-6-9-19(10-7-17)36-14-4-13-31(2)3)32(27(35)26(23)34)28-30-20-11-8-18(29)15-22(20)38-28/h5-12,15,34-35H,4,13-14H2,1-3H3. The van der Waals surface area contributed by atoms with Gasteiger partial charge in [0.2, 0.25) is 11.7 Å². The lowest BCUT2D eigenvalue weighted by atomic mass is 10.0. The lowest BCUT2D eigenvalue weighted by Gasteiger charge is -2.12. The number of fused-ring (bicyclic) bond motifs is 1. The SMILES string of the molecule is Cc1ccc(C(=O)c2c(O)c(O)n(-c3nc4ccc(F)cc4s3)c2-c2ccc(OCCCN(C)C)cc2)o1. The Balaban J connectivity index is 1.62. The molecule has 0 spiro atoms. The van der Waals surface area contributed by atoms with Gasteiger partial charge >= 0.3 is 0 Å². The highest BCUT2D eigenvalue weighted by Gasteiger charge is 2.32. The number of halogens is 1. The van der Waals surface area contributed by atoms with E-state index in [0.29, 0.717) is 33.9 Å². The molecule has 3 heterocycles. The summed E-state index contributed by atoms with van der Waals surface area (Å²) in [7, 11) is 4.00. The fraction of sp³-hybridized carbons (Fsp3) is 0.214. The van der Waals surface area contributed by atoms with E-state index in [0.717, 1.165) is 24.3 Å². The van der Waals surface area contributed by atoms with Gasteiger partial charge in [-0.25, -0.2) is 9.37 Å². The third-order valence-electron chi connectivity index (χ3n) is 5.99. The van der Waals surface area contributed by atoms with Crippen molar-refractivity contribution in [3.63, 3.8) is 0 Å². The number of hydrogen-bond donors (Lipinski definition) is 2. The summed E-state index contributed by atoms with van der Waals surface area (Å²) < 4.78 is 27.0. The van der Waals surface area contributed by atoms with Crippen molar-refractivity contribution in [1.29, 1.82) is 0 Å². The second kappa shape index (κ2) is 10.3. The molecule has 2 aromatic carbocycles. The third-order valence-corrected chi connectivity index (χ3v) is 6.99. The fourth-order valence-corrected chi connectivity index (χ4v) is 5.16. The van der Waals surface area contributed by atoms with Gasteiger partial charge in [0.25, 0.3) is 0 Å². The molecule has 0 aliphatic rings. The van der Waals surface area contributed by atoms with Gasteiger partial charge < -0.3 is 24.3 Å². The maximum atomic E-state index is 13.8. The van der Waals surface area contributed by atoms with Crippen molar-refractivity contribution < 1.29 is 28.6 Å². The monoisotopic (exact) mass is 535 g/mol. The van der Waals surface area contributed by atoms with Gasteiger partial charge in [-0.05, 0) is 87.6 Å². The molecule has 0 saturated carbocycles. The number of carbonyl (C=O) groups is 1. The molecular weight excluding hydrogens is 509 g/mol. The summed E-state index contributed by atoms with van der Waals surface area (Å²) in [4.78, 5) is 20.1. The summed E-state index contributed by atoms with van der Waals surface area (Å²) in [5.74, 6) is -0.994. The van der Waals surface area contributed by atoms with Crippen LogP contribution < -0.4 is 4.74 Å². The molecule has 5 rings (SSSR count). The molecule has 3 aromatic heterocycles. The molecule has 38 heavy (non-hydrogen) atoms. The number of aryl methyl sites for hydroxylation is 1. The number of thiazole rings is 1. The van der Waals surface area contributed by atoms with Gasteiger partial charge in [-0.15, -0.1) is 0 Å². The van der Waals surface area contributed by atoms with Crippen molar-refractivity contribution >= 4 is 27.3 Å². The molecule has 0 saturated heterocycles. The highest BCUT2D eigenvalue weighted by molar-refractivity contribution is 7.20. The van der Waals surface area contributed by atoms with Crippen molar-refractivity contribution in [2.24, 2.45) is 0 Å². The predicted octanol–water partition coefficient (Wildman–Crippen LogP) is 5.77. The Hall–Kier alpha value is -4.15. The second-order valence-corrected chi connectivity index (χ2v) is 10.1. The molecule has 2 N–H and O–H groups in total. The summed E-state index contributed by atoms with van der Waals surface area (Å²) in [6.45, 7) is 3.14. The van der Waals surface area contributed by atoms with Gasteiger partial charge in [-0.2, -0.15) is 0 Å². The molecule has 0 atom stereocenters. The molecule has 0 aliphatic heterocycles. The number of carbonyl (C=O) groups excluding carboxylic acids is 1. The zero-order valence-electron chi connectivity index (χ0n) is 21.1. The van der Waals surface area contributed by atoms with E-state index >= 15 is 0 Å². The van der Waals surface area contributed by atoms with E-state index in [-0.39, 0.29) is 22.1 Å². The minimum atomic E-state index is -0.603. The maximum absolute atomic E-state index is 13.8. The first kappa shape index (κ1) is 25.5. The van der Waals surface area contributed by atoms with Gasteiger partial charge in [0.05, 0.1) is 28.1 Å².